The Balaban J connectivity index is 1.83. The van der Waals surface area contributed by atoms with Crippen molar-refractivity contribution in [3.63, 3.8) is 0 Å². The summed E-state index contributed by atoms with van der Waals surface area (Å²) in [6, 6.07) is 12.9. The van der Waals surface area contributed by atoms with E-state index in [1.165, 1.54) is 4.90 Å². The molecule has 5 nitrogen and oxygen atoms in total. The summed E-state index contributed by atoms with van der Waals surface area (Å²) in [7, 11) is 0. The zero-order chi connectivity index (χ0) is 19.3. The molecule has 0 spiro atoms. The molecule has 0 saturated carbocycles. The van der Waals surface area contributed by atoms with Crippen LogP contribution in [0.5, 0.6) is 0 Å². The number of hydrogen-bond acceptors (Lipinski definition) is 3. The van der Waals surface area contributed by atoms with Crippen molar-refractivity contribution in [2.75, 3.05) is 4.90 Å². The van der Waals surface area contributed by atoms with Gasteiger partial charge in [0.15, 0.2) is 3.83 Å². The Labute approximate surface area is 187 Å². The topological polar surface area (TPSA) is 51.0 Å². The number of aromatic nitrogens is 3. The number of carbonyl (C=O) groups excluding carboxylic acids is 1. The van der Waals surface area contributed by atoms with E-state index in [1.807, 2.05) is 35.8 Å². The van der Waals surface area contributed by atoms with Crippen LogP contribution in [0.3, 0.4) is 0 Å². The van der Waals surface area contributed by atoms with Crippen LogP contribution in [0.25, 0.3) is 0 Å². The number of benzene rings is 2. The molecule has 1 aromatic heterocycles. The van der Waals surface area contributed by atoms with Crippen LogP contribution in [0.15, 0.2) is 46.9 Å². The number of anilines is 2. The summed E-state index contributed by atoms with van der Waals surface area (Å²) in [6.45, 7) is 1.90. The molecule has 1 amide bonds. The second-order valence-corrected chi connectivity index (χ2v) is 9.20. The van der Waals surface area contributed by atoms with Crippen molar-refractivity contribution >= 4 is 79.3 Å². The molecule has 2 heterocycles. The van der Waals surface area contributed by atoms with Crippen molar-refractivity contribution in [3.05, 3.63) is 66.4 Å². The fraction of sp³-hybridized carbons (Fsp3) is 0.167. The molecule has 4 rings (SSSR count). The maximum Gasteiger partial charge on any atom is 0.260 e. The number of rotatable bonds is 3. The van der Waals surface area contributed by atoms with Crippen molar-refractivity contribution < 1.29 is 4.79 Å². The van der Waals surface area contributed by atoms with Gasteiger partial charge in [0.05, 0.1) is 5.69 Å². The first-order valence-corrected chi connectivity index (χ1v) is 10.6. The van der Waals surface area contributed by atoms with E-state index in [1.54, 1.807) is 18.2 Å². The number of halogens is 4. The normalized spacial score (nSPS) is 18.9. The second-order valence-electron chi connectivity index (χ2n) is 6.45. The van der Waals surface area contributed by atoms with E-state index in [2.05, 4.69) is 48.7 Å². The van der Waals surface area contributed by atoms with Crippen LogP contribution < -0.4 is 4.90 Å². The SMILES string of the molecule is CC1(Cc2ccc(Br)cc2)C(=O)N(c2cc(Cl)cc(Cl)c2)c2nnc(I)n21. The van der Waals surface area contributed by atoms with Crippen LogP contribution in [0, 0.1) is 3.83 Å². The Bertz CT molecular complexity index is 1040. The van der Waals surface area contributed by atoms with Gasteiger partial charge in [0.2, 0.25) is 5.95 Å². The molecular weight excluding hydrogens is 566 g/mol. The minimum absolute atomic E-state index is 0.105. The first kappa shape index (κ1) is 19.2. The molecule has 0 N–H and O–H groups in total. The highest BCUT2D eigenvalue weighted by atomic mass is 127. The molecule has 0 bridgehead atoms. The van der Waals surface area contributed by atoms with E-state index >= 15 is 0 Å². The molecule has 27 heavy (non-hydrogen) atoms. The summed E-state index contributed by atoms with van der Waals surface area (Å²) in [4.78, 5) is 15.1. The minimum atomic E-state index is -0.863. The number of nitrogens with zero attached hydrogens (tertiary/aromatic N) is 4. The lowest BCUT2D eigenvalue weighted by molar-refractivity contribution is -0.124. The third-order valence-corrected chi connectivity index (χ3v) is 6.19. The van der Waals surface area contributed by atoms with Gasteiger partial charge >= 0.3 is 0 Å². The van der Waals surface area contributed by atoms with E-state index in [0.29, 0.717) is 31.9 Å². The maximum atomic E-state index is 13.5. The van der Waals surface area contributed by atoms with Crippen molar-refractivity contribution in [1.82, 2.24) is 14.8 Å². The lowest BCUT2D eigenvalue weighted by atomic mass is 9.92. The van der Waals surface area contributed by atoms with Crippen molar-refractivity contribution in [2.24, 2.45) is 0 Å². The summed E-state index contributed by atoms with van der Waals surface area (Å²) in [5, 5.41) is 9.31. The third kappa shape index (κ3) is 3.28. The molecule has 138 valence electrons. The molecule has 1 atom stereocenters. The highest BCUT2D eigenvalue weighted by Gasteiger charge is 2.50. The maximum absolute atomic E-state index is 13.5. The smallest absolute Gasteiger partial charge is 0.260 e. The molecule has 1 unspecified atom stereocenters. The van der Waals surface area contributed by atoms with Crippen LogP contribution in [0.2, 0.25) is 10.0 Å². The summed E-state index contributed by atoms with van der Waals surface area (Å²) < 4.78 is 3.50. The molecule has 0 aliphatic carbocycles. The van der Waals surface area contributed by atoms with Crippen LogP contribution in [-0.4, -0.2) is 20.7 Å². The highest BCUT2D eigenvalue weighted by Crippen LogP contribution is 2.43. The van der Waals surface area contributed by atoms with E-state index in [-0.39, 0.29) is 5.91 Å². The zero-order valence-corrected chi connectivity index (χ0v) is 19.2. The Morgan fingerprint density at radius 3 is 2.37 bits per heavy atom. The number of fused-ring (bicyclic) bond motifs is 1. The van der Waals surface area contributed by atoms with Crippen LogP contribution in [0.4, 0.5) is 11.6 Å². The Kier molecular flexibility index (Phi) is 4.99. The van der Waals surface area contributed by atoms with E-state index < -0.39 is 5.54 Å². The minimum Gasteiger partial charge on any atom is -0.273 e. The number of hydrogen-bond donors (Lipinski definition) is 0. The van der Waals surface area contributed by atoms with Gasteiger partial charge in [-0.15, -0.1) is 10.2 Å². The largest absolute Gasteiger partial charge is 0.273 e. The number of amides is 1. The Morgan fingerprint density at radius 1 is 1.11 bits per heavy atom. The molecule has 0 radical (unpaired) electrons. The lowest BCUT2D eigenvalue weighted by Gasteiger charge is -2.25. The van der Waals surface area contributed by atoms with Crippen molar-refractivity contribution in [1.29, 1.82) is 0 Å². The Morgan fingerprint density at radius 2 is 1.74 bits per heavy atom. The Hall–Kier alpha value is -1.16. The summed E-state index contributed by atoms with van der Waals surface area (Å²) in [5.74, 6) is 0.355. The van der Waals surface area contributed by atoms with Gasteiger partial charge in [0.25, 0.3) is 5.91 Å². The van der Waals surface area contributed by atoms with Gasteiger partial charge in [-0.05, 0) is 42.8 Å². The van der Waals surface area contributed by atoms with Gasteiger partial charge < -0.3 is 0 Å². The standard InChI is InChI=1S/C18H12BrCl2IN4O/c1-18(9-10-2-4-11(19)5-3-10)15(27)25(17-24-23-16(22)26(17)18)14-7-12(20)6-13(21)8-14/h2-8H,9H2,1H3. The molecule has 1 aliphatic heterocycles. The first-order valence-electron chi connectivity index (χ1n) is 7.96. The summed E-state index contributed by atoms with van der Waals surface area (Å²) in [5.41, 5.74) is 0.746. The van der Waals surface area contributed by atoms with Crippen LogP contribution >= 0.6 is 61.7 Å². The van der Waals surface area contributed by atoms with Crippen LogP contribution in [-0.2, 0) is 16.8 Å². The van der Waals surface area contributed by atoms with E-state index in [0.717, 1.165) is 10.0 Å². The molecule has 2 aromatic carbocycles. The first-order chi connectivity index (χ1) is 12.8. The third-order valence-electron chi connectivity index (χ3n) is 4.53. The van der Waals surface area contributed by atoms with Gasteiger partial charge in [-0.3, -0.25) is 9.36 Å². The monoisotopic (exact) mass is 576 g/mol. The van der Waals surface area contributed by atoms with Gasteiger partial charge in [0.1, 0.15) is 5.54 Å². The van der Waals surface area contributed by atoms with Gasteiger partial charge in [-0.1, -0.05) is 51.3 Å². The molecule has 3 aromatic rings. The molecule has 1 aliphatic rings. The fourth-order valence-electron chi connectivity index (χ4n) is 3.31. The van der Waals surface area contributed by atoms with Gasteiger partial charge in [-0.2, -0.15) is 0 Å². The fourth-order valence-corrected chi connectivity index (χ4v) is 4.94. The van der Waals surface area contributed by atoms with Gasteiger partial charge in [-0.25, -0.2) is 4.90 Å². The van der Waals surface area contributed by atoms with Gasteiger partial charge in [0, 0.05) is 43.5 Å². The quantitative estimate of drug-likeness (QED) is 0.382. The molecule has 0 saturated heterocycles. The predicted octanol–water partition coefficient (Wildman–Crippen LogP) is 5.59. The number of carbonyl (C=O) groups is 1. The average Bonchev–Trinajstić information content (AvgIpc) is 3.07. The zero-order valence-electron chi connectivity index (χ0n) is 14.0. The lowest BCUT2D eigenvalue weighted by Crippen LogP contribution is -2.41. The molecular formula is C18H12BrCl2IN4O. The average molecular weight is 578 g/mol. The second kappa shape index (κ2) is 7.02. The van der Waals surface area contributed by atoms with Crippen LogP contribution in [0.1, 0.15) is 12.5 Å². The van der Waals surface area contributed by atoms with E-state index in [9.17, 15) is 4.79 Å². The highest BCUT2D eigenvalue weighted by molar-refractivity contribution is 14.1. The summed E-state index contributed by atoms with van der Waals surface area (Å²) >= 11 is 17.8. The summed E-state index contributed by atoms with van der Waals surface area (Å²) in [6.07, 6.45) is 0.505. The van der Waals surface area contributed by atoms with E-state index in [4.69, 9.17) is 23.2 Å². The predicted molar refractivity (Wildman–Crippen MR) is 118 cm³/mol. The molecule has 0 fully saturated rings. The molecule has 9 heteroatoms. The van der Waals surface area contributed by atoms with Crippen molar-refractivity contribution in [3.8, 4) is 0 Å². The van der Waals surface area contributed by atoms with Crippen molar-refractivity contribution in [2.45, 2.75) is 18.9 Å².